The number of rotatable bonds is 3. The van der Waals surface area contributed by atoms with Crippen molar-refractivity contribution < 1.29 is 9.18 Å². The number of hydrogen-bond acceptors (Lipinski definition) is 5. The third kappa shape index (κ3) is 1.92. The minimum absolute atomic E-state index is 0.120. The molecule has 0 saturated heterocycles. The summed E-state index contributed by atoms with van der Waals surface area (Å²) in [5, 5.41) is 8.87. The van der Waals surface area contributed by atoms with Crippen molar-refractivity contribution in [3.8, 4) is 0 Å². The van der Waals surface area contributed by atoms with Crippen LogP contribution in [0.3, 0.4) is 0 Å². The molecule has 16 heavy (non-hydrogen) atoms. The lowest BCUT2D eigenvalue weighted by atomic mass is 10.1. The fourth-order valence-corrected chi connectivity index (χ4v) is 1.56. The maximum Gasteiger partial charge on any atom is 0.199 e. The number of carbonyl (C=O) groups excluding carboxylic acids is 1. The normalized spacial score (nSPS) is 21.8. The zero-order chi connectivity index (χ0) is 11.5. The van der Waals surface area contributed by atoms with E-state index < -0.39 is 6.17 Å². The predicted molar refractivity (Wildman–Crippen MR) is 54.5 cm³/mol. The van der Waals surface area contributed by atoms with Crippen molar-refractivity contribution in [1.29, 1.82) is 0 Å². The smallest absolute Gasteiger partial charge is 0.199 e. The van der Waals surface area contributed by atoms with Crippen LogP contribution < -0.4 is 5.53 Å². The van der Waals surface area contributed by atoms with E-state index in [0.717, 1.165) is 5.56 Å². The van der Waals surface area contributed by atoms with E-state index in [9.17, 15) is 9.18 Å². The standard InChI is InChI=1S/C10H11FN4O/c1-7(8-2-4-9(11)5-3-8)15-10(6-16)12-13-14-15/h2-7,10H,1H3,(H,12,14). The fraction of sp³-hybridized carbons (Fsp3) is 0.300. The summed E-state index contributed by atoms with van der Waals surface area (Å²) < 4.78 is 12.7. The Morgan fingerprint density at radius 1 is 1.50 bits per heavy atom. The van der Waals surface area contributed by atoms with Crippen molar-refractivity contribution >= 4 is 6.29 Å². The lowest BCUT2D eigenvalue weighted by molar-refractivity contribution is -0.113. The molecule has 2 rings (SSSR count). The average Bonchev–Trinajstić information content (AvgIpc) is 2.77. The highest BCUT2D eigenvalue weighted by Gasteiger charge is 2.27. The Morgan fingerprint density at radius 2 is 2.19 bits per heavy atom. The van der Waals surface area contributed by atoms with E-state index >= 15 is 0 Å². The Hall–Kier alpha value is -1.82. The van der Waals surface area contributed by atoms with Gasteiger partial charge in [0.1, 0.15) is 5.82 Å². The van der Waals surface area contributed by atoms with Crippen LogP contribution in [0, 0.1) is 5.82 Å². The van der Waals surface area contributed by atoms with Gasteiger partial charge in [0.15, 0.2) is 12.5 Å². The molecular weight excluding hydrogens is 211 g/mol. The van der Waals surface area contributed by atoms with Gasteiger partial charge >= 0.3 is 0 Å². The minimum atomic E-state index is -0.625. The Morgan fingerprint density at radius 3 is 2.81 bits per heavy atom. The van der Waals surface area contributed by atoms with Crippen molar-refractivity contribution in [3.05, 3.63) is 35.6 Å². The van der Waals surface area contributed by atoms with Gasteiger partial charge in [-0.25, -0.2) is 9.93 Å². The van der Waals surface area contributed by atoms with Crippen molar-refractivity contribution in [2.24, 2.45) is 10.3 Å². The summed E-state index contributed by atoms with van der Waals surface area (Å²) >= 11 is 0. The Bertz CT molecular complexity index is 406. The summed E-state index contributed by atoms with van der Waals surface area (Å²) in [4.78, 5) is 10.7. The number of nitrogens with zero attached hydrogens (tertiary/aromatic N) is 3. The van der Waals surface area contributed by atoms with Gasteiger partial charge in [0.25, 0.3) is 0 Å². The van der Waals surface area contributed by atoms with Crippen LogP contribution in [-0.4, -0.2) is 17.5 Å². The first kappa shape index (κ1) is 10.7. The number of halogens is 1. The lowest BCUT2D eigenvalue weighted by Crippen LogP contribution is -2.40. The molecule has 1 aromatic rings. The highest BCUT2D eigenvalue weighted by molar-refractivity contribution is 5.57. The molecule has 0 bridgehead atoms. The van der Waals surface area contributed by atoms with Gasteiger partial charge in [-0.3, -0.25) is 4.79 Å². The van der Waals surface area contributed by atoms with Crippen LogP contribution in [-0.2, 0) is 4.79 Å². The van der Waals surface area contributed by atoms with Crippen LogP contribution in [0.5, 0.6) is 0 Å². The van der Waals surface area contributed by atoms with Gasteiger partial charge in [0, 0.05) is 0 Å². The summed E-state index contributed by atoms with van der Waals surface area (Å²) in [5.74, 6) is -0.286. The van der Waals surface area contributed by atoms with Gasteiger partial charge in [-0.05, 0) is 24.6 Å². The molecule has 1 aliphatic rings. The van der Waals surface area contributed by atoms with E-state index in [4.69, 9.17) is 0 Å². The molecule has 0 saturated carbocycles. The van der Waals surface area contributed by atoms with Crippen molar-refractivity contribution in [2.75, 3.05) is 0 Å². The van der Waals surface area contributed by atoms with E-state index in [0.29, 0.717) is 6.29 Å². The zero-order valence-electron chi connectivity index (χ0n) is 8.67. The van der Waals surface area contributed by atoms with Crippen LogP contribution in [0.1, 0.15) is 18.5 Å². The van der Waals surface area contributed by atoms with E-state index in [-0.39, 0.29) is 11.9 Å². The fourth-order valence-electron chi connectivity index (χ4n) is 1.56. The second-order valence-electron chi connectivity index (χ2n) is 3.50. The molecule has 0 spiro atoms. The first-order valence-corrected chi connectivity index (χ1v) is 4.87. The molecule has 1 aliphatic heterocycles. The second kappa shape index (κ2) is 4.36. The summed E-state index contributed by atoms with van der Waals surface area (Å²) in [5.41, 5.74) is 3.52. The van der Waals surface area contributed by atoms with Gasteiger partial charge in [-0.2, -0.15) is 5.01 Å². The van der Waals surface area contributed by atoms with Crippen LogP contribution in [0.25, 0.3) is 0 Å². The Balaban J connectivity index is 2.16. The third-order valence-electron chi connectivity index (χ3n) is 2.51. The number of hydrogen-bond donors (Lipinski definition) is 1. The first-order valence-electron chi connectivity index (χ1n) is 4.87. The van der Waals surface area contributed by atoms with Crippen molar-refractivity contribution in [1.82, 2.24) is 10.5 Å². The lowest BCUT2D eigenvalue weighted by Gasteiger charge is -2.24. The maximum absolute atomic E-state index is 12.7. The van der Waals surface area contributed by atoms with Crippen molar-refractivity contribution in [2.45, 2.75) is 19.1 Å². The van der Waals surface area contributed by atoms with E-state index in [2.05, 4.69) is 15.9 Å². The molecular formula is C10H11FN4O. The SMILES string of the molecule is CC(c1ccc(F)cc1)N1NN=NC1C=O. The van der Waals surface area contributed by atoms with Gasteiger partial charge in [0.05, 0.1) is 6.04 Å². The van der Waals surface area contributed by atoms with Gasteiger partial charge < -0.3 is 0 Å². The Kier molecular flexibility index (Phi) is 2.91. The number of aldehydes is 1. The monoisotopic (exact) mass is 222 g/mol. The predicted octanol–water partition coefficient (Wildman–Crippen LogP) is 1.60. The Labute approximate surface area is 91.9 Å². The summed E-state index contributed by atoms with van der Waals surface area (Å²) in [6, 6.07) is 5.98. The summed E-state index contributed by atoms with van der Waals surface area (Å²) in [6.07, 6.45) is 0.0730. The first-order chi connectivity index (χ1) is 7.72. The summed E-state index contributed by atoms with van der Waals surface area (Å²) in [6.45, 7) is 1.88. The third-order valence-corrected chi connectivity index (χ3v) is 2.51. The molecule has 1 heterocycles. The van der Waals surface area contributed by atoms with Crippen LogP contribution >= 0.6 is 0 Å². The zero-order valence-corrected chi connectivity index (χ0v) is 8.67. The maximum atomic E-state index is 12.7. The topological polar surface area (TPSA) is 57.1 Å². The van der Waals surface area contributed by atoms with Crippen LogP contribution in [0.4, 0.5) is 4.39 Å². The molecule has 0 aromatic heterocycles. The molecule has 0 aliphatic carbocycles. The van der Waals surface area contributed by atoms with Crippen LogP contribution in [0.2, 0.25) is 0 Å². The van der Waals surface area contributed by atoms with E-state index in [1.807, 2.05) is 6.92 Å². The number of carbonyl (C=O) groups is 1. The van der Waals surface area contributed by atoms with Crippen molar-refractivity contribution in [3.63, 3.8) is 0 Å². The minimum Gasteiger partial charge on any atom is -0.299 e. The molecule has 0 amide bonds. The van der Waals surface area contributed by atoms with Crippen LogP contribution in [0.15, 0.2) is 34.6 Å². The number of nitrogens with one attached hydrogen (secondary N) is 1. The number of benzene rings is 1. The quantitative estimate of drug-likeness (QED) is 0.790. The average molecular weight is 222 g/mol. The molecule has 84 valence electrons. The van der Waals surface area contributed by atoms with E-state index in [1.54, 1.807) is 17.1 Å². The molecule has 1 N–H and O–H groups in total. The van der Waals surface area contributed by atoms with Gasteiger partial charge in [-0.1, -0.05) is 17.4 Å². The molecule has 6 heteroatoms. The largest absolute Gasteiger partial charge is 0.299 e. The highest BCUT2D eigenvalue weighted by Crippen LogP contribution is 2.22. The van der Waals surface area contributed by atoms with Gasteiger partial charge in [-0.15, -0.1) is 5.11 Å². The number of hydrazine groups is 1. The van der Waals surface area contributed by atoms with E-state index in [1.165, 1.54) is 12.1 Å². The molecule has 0 radical (unpaired) electrons. The molecule has 5 nitrogen and oxygen atoms in total. The molecule has 1 aromatic carbocycles. The highest BCUT2D eigenvalue weighted by atomic mass is 19.1. The molecule has 0 fully saturated rings. The second-order valence-corrected chi connectivity index (χ2v) is 3.50. The molecule has 2 atom stereocenters. The molecule has 2 unspecified atom stereocenters. The summed E-state index contributed by atoms with van der Waals surface area (Å²) in [7, 11) is 0. The van der Waals surface area contributed by atoms with Gasteiger partial charge in [0.2, 0.25) is 0 Å².